The molecule has 0 aliphatic rings. The Labute approximate surface area is 140 Å². The summed E-state index contributed by atoms with van der Waals surface area (Å²) in [6, 6.07) is 17.9. The predicted octanol–water partition coefficient (Wildman–Crippen LogP) is 2.28. The summed E-state index contributed by atoms with van der Waals surface area (Å²) in [5.41, 5.74) is 2.05. The van der Waals surface area contributed by atoms with Crippen molar-refractivity contribution in [3.63, 3.8) is 0 Å². The molecule has 4 heteroatoms. The number of benzene rings is 2. The van der Waals surface area contributed by atoms with E-state index in [9.17, 15) is 4.79 Å². The molecule has 0 heterocycles. The van der Waals surface area contributed by atoms with Crippen LogP contribution in [0.4, 0.5) is 0 Å². The first-order valence-electron chi connectivity index (χ1n) is 7.54. The van der Waals surface area contributed by atoms with Crippen molar-refractivity contribution in [2.75, 3.05) is 20.1 Å². The highest BCUT2D eigenvalue weighted by Gasteiger charge is 2.06. The van der Waals surface area contributed by atoms with Crippen LogP contribution in [0.1, 0.15) is 22.3 Å². The van der Waals surface area contributed by atoms with Crippen LogP contribution in [0, 0.1) is 0 Å². The second kappa shape index (κ2) is 8.71. The maximum absolute atomic E-state index is 12.0. The maximum atomic E-state index is 12.0. The van der Waals surface area contributed by atoms with E-state index in [2.05, 4.69) is 52.6 Å². The van der Waals surface area contributed by atoms with Crippen molar-refractivity contribution in [1.82, 2.24) is 5.32 Å². The lowest BCUT2D eigenvalue weighted by Gasteiger charge is -2.14. The van der Waals surface area contributed by atoms with Gasteiger partial charge in [0.1, 0.15) is 6.54 Å². The summed E-state index contributed by atoms with van der Waals surface area (Å²) in [7, 11) is 2.18. The van der Waals surface area contributed by atoms with E-state index in [1.165, 1.54) is 10.5 Å². The molecule has 1 atom stereocenters. The Morgan fingerprint density at radius 3 is 2.45 bits per heavy atom. The molecule has 116 valence electrons. The number of quaternary nitrogens is 1. The SMILES string of the molecule is C[NH+](CCCNC(=O)c1ccc(Br)cc1)Cc1ccccc1. The number of hydrogen-bond donors (Lipinski definition) is 2. The first-order valence-corrected chi connectivity index (χ1v) is 8.33. The lowest BCUT2D eigenvalue weighted by atomic mass is 10.2. The molecular formula is C18H22BrN2O+. The third kappa shape index (κ3) is 5.62. The molecule has 0 aromatic heterocycles. The van der Waals surface area contributed by atoms with Crippen molar-refractivity contribution in [2.24, 2.45) is 0 Å². The highest BCUT2D eigenvalue weighted by atomic mass is 79.9. The molecule has 2 aromatic carbocycles. The van der Waals surface area contributed by atoms with Gasteiger partial charge < -0.3 is 10.2 Å². The highest BCUT2D eigenvalue weighted by Crippen LogP contribution is 2.10. The molecule has 0 spiro atoms. The Bertz CT molecular complexity index is 584. The Morgan fingerprint density at radius 1 is 1.09 bits per heavy atom. The number of rotatable bonds is 7. The van der Waals surface area contributed by atoms with Gasteiger partial charge >= 0.3 is 0 Å². The zero-order valence-electron chi connectivity index (χ0n) is 12.8. The Morgan fingerprint density at radius 2 is 1.77 bits per heavy atom. The fourth-order valence-corrected chi connectivity index (χ4v) is 2.59. The summed E-state index contributed by atoms with van der Waals surface area (Å²) in [5, 5.41) is 2.97. The van der Waals surface area contributed by atoms with Gasteiger partial charge in [0.25, 0.3) is 5.91 Å². The summed E-state index contributed by atoms with van der Waals surface area (Å²) >= 11 is 3.37. The van der Waals surface area contributed by atoms with E-state index in [1.54, 1.807) is 0 Å². The molecule has 0 saturated heterocycles. The summed E-state index contributed by atoms with van der Waals surface area (Å²) < 4.78 is 0.982. The first-order chi connectivity index (χ1) is 10.6. The van der Waals surface area contributed by atoms with Gasteiger partial charge in [-0.2, -0.15) is 0 Å². The summed E-state index contributed by atoms with van der Waals surface area (Å²) in [4.78, 5) is 13.4. The van der Waals surface area contributed by atoms with Crippen LogP contribution >= 0.6 is 15.9 Å². The van der Waals surface area contributed by atoms with Crippen LogP contribution in [0.15, 0.2) is 59.1 Å². The summed E-state index contributed by atoms with van der Waals surface area (Å²) in [6.45, 7) is 2.76. The van der Waals surface area contributed by atoms with E-state index < -0.39 is 0 Å². The molecular weight excluding hydrogens is 340 g/mol. The zero-order chi connectivity index (χ0) is 15.8. The van der Waals surface area contributed by atoms with Crippen LogP contribution in [0.5, 0.6) is 0 Å². The molecule has 2 rings (SSSR count). The normalized spacial score (nSPS) is 11.9. The minimum Gasteiger partial charge on any atom is -0.352 e. The number of carbonyl (C=O) groups excluding carboxylic acids is 1. The van der Waals surface area contributed by atoms with Gasteiger partial charge in [-0.15, -0.1) is 0 Å². The van der Waals surface area contributed by atoms with E-state index in [4.69, 9.17) is 0 Å². The van der Waals surface area contributed by atoms with E-state index in [-0.39, 0.29) is 5.91 Å². The van der Waals surface area contributed by atoms with Crippen molar-refractivity contribution in [1.29, 1.82) is 0 Å². The van der Waals surface area contributed by atoms with Crippen molar-refractivity contribution < 1.29 is 9.69 Å². The number of hydrogen-bond acceptors (Lipinski definition) is 1. The van der Waals surface area contributed by atoms with Gasteiger partial charge in [0.15, 0.2) is 0 Å². The molecule has 0 aliphatic heterocycles. The summed E-state index contributed by atoms with van der Waals surface area (Å²) in [6.07, 6.45) is 0.973. The number of nitrogens with one attached hydrogen (secondary N) is 2. The fraction of sp³-hybridized carbons (Fsp3) is 0.278. The van der Waals surface area contributed by atoms with E-state index in [0.29, 0.717) is 12.1 Å². The average Bonchev–Trinajstić information content (AvgIpc) is 2.53. The topological polar surface area (TPSA) is 33.5 Å². The van der Waals surface area contributed by atoms with Crippen molar-refractivity contribution in [3.8, 4) is 0 Å². The van der Waals surface area contributed by atoms with Gasteiger partial charge in [-0.05, 0) is 24.3 Å². The van der Waals surface area contributed by atoms with E-state index in [0.717, 1.165) is 24.0 Å². The molecule has 1 unspecified atom stereocenters. The smallest absolute Gasteiger partial charge is 0.251 e. The van der Waals surface area contributed by atoms with Crippen molar-refractivity contribution in [2.45, 2.75) is 13.0 Å². The first kappa shape index (κ1) is 16.7. The van der Waals surface area contributed by atoms with Crippen molar-refractivity contribution >= 4 is 21.8 Å². The molecule has 0 saturated carbocycles. The molecule has 0 fully saturated rings. The van der Waals surface area contributed by atoms with Gasteiger partial charge in [0, 0.05) is 28.6 Å². The van der Waals surface area contributed by atoms with Crippen LogP contribution in [0.25, 0.3) is 0 Å². The van der Waals surface area contributed by atoms with E-state index >= 15 is 0 Å². The van der Waals surface area contributed by atoms with Crippen LogP contribution in [-0.2, 0) is 6.54 Å². The second-order valence-electron chi connectivity index (χ2n) is 5.49. The molecule has 3 nitrogen and oxygen atoms in total. The molecule has 1 amide bonds. The van der Waals surface area contributed by atoms with Crippen LogP contribution < -0.4 is 10.2 Å². The molecule has 0 radical (unpaired) electrons. The standard InChI is InChI=1S/C18H21BrN2O/c1-21(14-15-6-3-2-4-7-15)13-5-12-20-18(22)16-8-10-17(19)11-9-16/h2-4,6-11H,5,12-14H2,1H3,(H,20,22)/p+1. The van der Waals surface area contributed by atoms with Crippen LogP contribution in [0.2, 0.25) is 0 Å². The minimum absolute atomic E-state index is 0.00628. The zero-order valence-corrected chi connectivity index (χ0v) is 14.4. The largest absolute Gasteiger partial charge is 0.352 e. The number of carbonyl (C=O) groups is 1. The number of amides is 1. The van der Waals surface area contributed by atoms with Crippen molar-refractivity contribution in [3.05, 3.63) is 70.2 Å². The third-order valence-electron chi connectivity index (χ3n) is 3.52. The van der Waals surface area contributed by atoms with Crippen LogP contribution in [-0.4, -0.2) is 26.0 Å². The monoisotopic (exact) mass is 361 g/mol. The van der Waals surface area contributed by atoms with E-state index in [1.807, 2.05) is 30.3 Å². The maximum Gasteiger partial charge on any atom is 0.251 e. The molecule has 2 aromatic rings. The van der Waals surface area contributed by atoms with Gasteiger partial charge in [-0.1, -0.05) is 46.3 Å². The van der Waals surface area contributed by atoms with Gasteiger partial charge in [0.05, 0.1) is 13.6 Å². The summed E-state index contributed by atoms with van der Waals surface area (Å²) in [5.74, 6) is -0.00628. The lowest BCUT2D eigenvalue weighted by Crippen LogP contribution is -3.07. The Balaban J connectivity index is 1.66. The Hall–Kier alpha value is -1.65. The predicted molar refractivity (Wildman–Crippen MR) is 93.0 cm³/mol. The Kier molecular flexibility index (Phi) is 6.62. The highest BCUT2D eigenvalue weighted by molar-refractivity contribution is 9.10. The fourth-order valence-electron chi connectivity index (χ4n) is 2.33. The quantitative estimate of drug-likeness (QED) is 0.728. The van der Waals surface area contributed by atoms with Crippen LogP contribution in [0.3, 0.4) is 0 Å². The van der Waals surface area contributed by atoms with Gasteiger partial charge in [0.2, 0.25) is 0 Å². The average molecular weight is 362 g/mol. The molecule has 2 N–H and O–H groups in total. The minimum atomic E-state index is -0.00628. The molecule has 0 bridgehead atoms. The van der Waals surface area contributed by atoms with Gasteiger partial charge in [-0.3, -0.25) is 4.79 Å². The third-order valence-corrected chi connectivity index (χ3v) is 4.05. The second-order valence-corrected chi connectivity index (χ2v) is 6.40. The van der Waals surface area contributed by atoms with Gasteiger partial charge in [-0.25, -0.2) is 0 Å². The molecule has 22 heavy (non-hydrogen) atoms. The molecule has 0 aliphatic carbocycles. The number of halogens is 1. The lowest BCUT2D eigenvalue weighted by molar-refractivity contribution is -0.893.